The van der Waals surface area contributed by atoms with Crippen LogP contribution in [0.25, 0.3) is 11.5 Å². The minimum absolute atomic E-state index is 0.0271. The van der Waals surface area contributed by atoms with E-state index in [2.05, 4.69) is 10.2 Å². The van der Waals surface area contributed by atoms with Crippen molar-refractivity contribution in [1.82, 2.24) is 15.1 Å². The van der Waals surface area contributed by atoms with E-state index in [1.165, 1.54) is 24.1 Å². The van der Waals surface area contributed by atoms with Gasteiger partial charge in [0.1, 0.15) is 11.6 Å². The highest BCUT2D eigenvalue weighted by atomic mass is 19.3. The topological polar surface area (TPSA) is 71.7 Å². The smallest absolute Gasteiger partial charge is 0.324 e. The van der Waals surface area contributed by atoms with Gasteiger partial charge < -0.3 is 14.1 Å². The van der Waals surface area contributed by atoms with Gasteiger partial charge in [-0.1, -0.05) is 12.1 Å². The summed E-state index contributed by atoms with van der Waals surface area (Å²) in [5, 5.41) is 6.81. The molecule has 0 unspecified atom stereocenters. The monoisotopic (exact) mass is 460 g/mol. The van der Waals surface area contributed by atoms with Crippen LogP contribution in [-0.2, 0) is 6.54 Å². The predicted molar refractivity (Wildman–Crippen MR) is 115 cm³/mol. The first kappa shape index (κ1) is 22.6. The number of carbonyl (C=O) groups is 1. The number of hydrogen-bond donors (Lipinski definition) is 0. The third kappa shape index (κ3) is 5.10. The van der Waals surface area contributed by atoms with Gasteiger partial charge in [0.2, 0.25) is 5.89 Å². The number of rotatable bonds is 6. The molecule has 1 fully saturated rings. The Morgan fingerprint density at radius 2 is 1.94 bits per heavy atom. The highest BCUT2D eigenvalue weighted by Crippen LogP contribution is 2.28. The van der Waals surface area contributed by atoms with Crippen LogP contribution in [0.15, 0.2) is 46.9 Å². The molecule has 1 aliphatic rings. The predicted octanol–water partition coefficient (Wildman–Crippen LogP) is 5.43. The van der Waals surface area contributed by atoms with E-state index in [9.17, 15) is 13.6 Å². The molecule has 10 heteroatoms. The number of urea groups is 1. The van der Waals surface area contributed by atoms with Gasteiger partial charge in [0.05, 0.1) is 13.7 Å². The molecule has 2 amide bonds. The minimum atomic E-state index is -2.91. The highest BCUT2D eigenvalue weighted by molar-refractivity contribution is 5.92. The number of likely N-dealkylation sites (tertiary alicyclic amines) is 1. The summed E-state index contributed by atoms with van der Waals surface area (Å²) in [5.74, 6) is -1.08. The molecule has 33 heavy (non-hydrogen) atoms. The molecular formula is C23H23F3N4O3. The van der Waals surface area contributed by atoms with Crippen LogP contribution in [0, 0.1) is 5.82 Å². The van der Waals surface area contributed by atoms with Crippen LogP contribution >= 0.6 is 0 Å². The van der Waals surface area contributed by atoms with Gasteiger partial charge in [-0.15, -0.1) is 10.2 Å². The molecule has 0 aliphatic carbocycles. The first-order valence-electron chi connectivity index (χ1n) is 10.6. The summed E-state index contributed by atoms with van der Waals surface area (Å²) >= 11 is 0. The number of carbonyl (C=O) groups excluding carboxylic acids is 1. The van der Waals surface area contributed by atoms with Gasteiger partial charge in [0.15, 0.2) is 0 Å². The molecule has 1 aliphatic heterocycles. The van der Waals surface area contributed by atoms with E-state index in [1.807, 2.05) is 0 Å². The maximum absolute atomic E-state index is 15.0. The van der Waals surface area contributed by atoms with Crippen LogP contribution in [0.3, 0.4) is 0 Å². The average molecular weight is 460 g/mol. The van der Waals surface area contributed by atoms with Crippen molar-refractivity contribution in [2.24, 2.45) is 0 Å². The van der Waals surface area contributed by atoms with E-state index < -0.39 is 18.1 Å². The van der Waals surface area contributed by atoms with Crippen LogP contribution in [0.1, 0.15) is 37.1 Å². The largest absolute Gasteiger partial charge is 0.497 e. The maximum Gasteiger partial charge on any atom is 0.324 e. The summed E-state index contributed by atoms with van der Waals surface area (Å²) in [6.45, 7) is 1.26. The average Bonchev–Trinajstić information content (AvgIpc) is 3.34. The number of alkyl halides is 2. The Kier molecular flexibility index (Phi) is 6.81. The van der Waals surface area contributed by atoms with Crippen LogP contribution in [-0.4, -0.2) is 41.3 Å². The second-order valence-corrected chi connectivity index (χ2v) is 7.67. The van der Waals surface area contributed by atoms with Crippen LogP contribution in [0.2, 0.25) is 0 Å². The Hall–Kier alpha value is -3.56. The molecule has 3 aromatic rings. The molecule has 0 bridgehead atoms. The van der Waals surface area contributed by atoms with Crippen molar-refractivity contribution in [3.05, 3.63) is 59.7 Å². The number of anilines is 1. The van der Waals surface area contributed by atoms with Crippen molar-refractivity contribution in [1.29, 1.82) is 0 Å². The molecule has 174 valence electrons. The van der Waals surface area contributed by atoms with E-state index in [0.717, 1.165) is 25.3 Å². The van der Waals surface area contributed by atoms with Gasteiger partial charge in [-0.3, -0.25) is 4.90 Å². The molecule has 0 saturated carbocycles. The molecule has 0 atom stereocenters. The van der Waals surface area contributed by atoms with Crippen LogP contribution in [0.4, 0.5) is 23.7 Å². The van der Waals surface area contributed by atoms with Crippen molar-refractivity contribution >= 4 is 11.7 Å². The Morgan fingerprint density at radius 1 is 1.15 bits per heavy atom. The van der Waals surface area contributed by atoms with E-state index in [0.29, 0.717) is 24.5 Å². The third-order valence-electron chi connectivity index (χ3n) is 5.48. The second-order valence-electron chi connectivity index (χ2n) is 7.67. The van der Waals surface area contributed by atoms with Crippen molar-refractivity contribution in [2.45, 2.75) is 32.2 Å². The fourth-order valence-electron chi connectivity index (χ4n) is 3.72. The first-order chi connectivity index (χ1) is 16.0. The molecule has 0 radical (unpaired) electrons. The van der Waals surface area contributed by atoms with Crippen molar-refractivity contribution in [3.8, 4) is 17.2 Å². The maximum atomic E-state index is 15.0. The number of aromatic nitrogens is 2. The summed E-state index contributed by atoms with van der Waals surface area (Å²) in [5.41, 5.74) is 0.998. The molecule has 1 aromatic heterocycles. The van der Waals surface area contributed by atoms with Crippen molar-refractivity contribution in [3.63, 3.8) is 0 Å². The summed E-state index contributed by atoms with van der Waals surface area (Å²) in [6, 6.07) is 10.9. The standard InChI is InChI=1S/C23H23F3N4O3/c1-32-18-7-5-6-17(13-18)30(23(31)29-10-3-2-4-11-29)14-16-9-8-15(12-19(16)24)21-27-28-22(33-21)20(25)26/h5-9,12-13,20H,2-4,10-11,14H2,1H3. The normalized spacial score (nSPS) is 13.9. The lowest BCUT2D eigenvalue weighted by atomic mass is 10.1. The zero-order chi connectivity index (χ0) is 23.4. The Bertz CT molecular complexity index is 1120. The number of hydrogen-bond acceptors (Lipinski definition) is 5. The van der Waals surface area contributed by atoms with Gasteiger partial charge in [0.25, 0.3) is 5.89 Å². The molecule has 1 saturated heterocycles. The van der Waals surface area contributed by atoms with Crippen LogP contribution < -0.4 is 9.64 Å². The van der Waals surface area contributed by atoms with Gasteiger partial charge in [-0.2, -0.15) is 8.78 Å². The Morgan fingerprint density at radius 3 is 2.61 bits per heavy atom. The molecule has 2 heterocycles. The van der Waals surface area contributed by atoms with E-state index in [4.69, 9.17) is 9.15 Å². The van der Waals surface area contributed by atoms with Gasteiger partial charge in [-0.25, -0.2) is 9.18 Å². The van der Waals surface area contributed by atoms with E-state index >= 15 is 4.39 Å². The first-order valence-corrected chi connectivity index (χ1v) is 10.6. The number of amides is 2. The quantitative estimate of drug-likeness (QED) is 0.490. The van der Waals surface area contributed by atoms with Crippen molar-refractivity contribution < 1.29 is 27.1 Å². The molecule has 0 N–H and O–H groups in total. The fraction of sp³-hybridized carbons (Fsp3) is 0.348. The number of benzene rings is 2. The highest BCUT2D eigenvalue weighted by Gasteiger charge is 2.26. The number of nitrogens with zero attached hydrogens (tertiary/aromatic N) is 4. The third-order valence-corrected chi connectivity index (χ3v) is 5.48. The zero-order valence-electron chi connectivity index (χ0n) is 18.0. The number of halogens is 3. The summed E-state index contributed by atoms with van der Waals surface area (Å²) in [4.78, 5) is 16.6. The lowest BCUT2D eigenvalue weighted by Gasteiger charge is -2.33. The minimum Gasteiger partial charge on any atom is -0.497 e. The molecular weight excluding hydrogens is 437 g/mol. The Balaban J connectivity index is 1.62. The molecule has 4 rings (SSSR count). The number of methoxy groups -OCH3 is 1. The molecule has 7 nitrogen and oxygen atoms in total. The lowest BCUT2D eigenvalue weighted by molar-refractivity contribution is 0.116. The van der Waals surface area contributed by atoms with Gasteiger partial charge >= 0.3 is 12.5 Å². The van der Waals surface area contributed by atoms with Gasteiger partial charge in [0, 0.05) is 36.0 Å². The summed E-state index contributed by atoms with van der Waals surface area (Å²) < 4.78 is 50.6. The van der Waals surface area contributed by atoms with Crippen LogP contribution in [0.5, 0.6) is 5.75 Å². The van der Waals surface area contributed by atoms with E-state index in [-0.39, 0.29) is 29.6 Å². The number of piperidine rings is 1. The van der Waals surface area contributed by atoms with E-state index in [1.54, 1.807) is 29.2 Å². The number of ether oxygens (including phenoxy) is 1. The Labute approximate surface area is 188 Å². The SMILES string of the molecule is COc1cccc(N(Cc2ccc(-c3nnc(C(F)F)o3)cc2F)C(=O)N2CCCCC2)c1. The lowest BCUT2D eigenvalue weighted by Crippen LogP contribution is -2.45. The summed E-state index contributed by atoms with van der Waals surface area (Å²) in [7, 11) is 1.53. The van der Waals surface area contributed by atoms with Crippen molar-refractivity contribution in [2.75, 3.05) is 25.1 Å². The molecule has 0 spiro atoms. The fourth-order valence-corrected chi connectivity index (χ4v) is 3.72. The molecule has 2 aromatic carbocycles. The van der Waals surface area contributed by atoms with Gasteiger partial charge in [-0.05, 0) is 43.5 Å². The summed E-state index contributed by atoms with van der Waals surface area (Å²) in [6.07, 6.45) is 0.00609. The second kappa shape index (κ2) is 9.93. The zero-order valence-corrected chi connectivity index (χ0v) is 18.0.